The number of carbonyl (C=O) groups is 1. The summed E-state index contributed by atoms with van der Waals surface area (Å²) in [5.74, 6) is -0.923. The van der Waals surface area contributed by atoms with E-state index in [1.165, 1.54) is 24.3 Å². The monoisotopic (exact) mass is 508 g/mol. The molecule has 0 unspecified atom stereocenters. The fourth-order valence-electron chi connectivity index (χ4n) is 3.53. The highest BCUT2D eigenvalue weighted by atomic mass is 79.9. The first-order valence-electron chi connectivity index (χ1n) is 9.49. The molecule has 0 aliphatic rings. The first-order chi connectivity index (χ1) is 15.1. The van der Waals surface area contributed by atoms with Gasteiger partial charge in [-0.15, -0.1) is 13.2 Å². The first kappa shape index (κ1) is 21.9. The van der Waals surface area contributed by atoms with Crippen molar-refractivity contribution in [3.05, 3.63) is 74.2 Å². The quantitative estimate of drug-likeness (QED) is 0.362. The van der Waals surface area contributed by atoms with Crippen LogP contribution in [0.25, 0.3) is 21.9 Å². The summed E-state index contributed by atoms with van der Waals surface area (Å²) in [6.07, 6.45) is -4.46. The lowest BCUT2D eigenvalue weighted by atomic mass is 10.1. The molecule has 2 N–H and O–H groups in total. The number of H-pyrrole nitrogens is 1. The standard InChI is InChI=1S/C22H16BrF3N2O4/c1-11-15(16-10-14(32-22(24,25)26)3-4-18(16)28-11)6-7-27-20(29)17-9-12-8-13(23)2-5-19(12)31-21(17)30/h2-5,8-10,28H,6-7H2,1H3,(H,27,29). The van der Waals surface area contributed by atoms with E-state index in [9.17, 15) is 22.8 Å². The van der Waals surface area contributed by atoms with Crippen LogP contribution in [0.3, 0.4) is 0 Å². The van der Waals surface area contributed by atoms with Gasteiger partial charge in [-0.05, 0) is 61.4 Å². The number of benzene rings is 2. The minimum atomic E-state index is -4.79. The van der Waals surface area contributed by atoms with Crippen LogP contribution in [0.4, 0.5) is 13.2 Å². The van der Waals surface area contributed by atoms with Crippen LogP contribution in [0.1, 0.15) is 21.6 Å². The van der Waals surface area contributed by atoms with E-state index in [-0.39, 0.29) is 17.9 Å². The average Bonchev–Trinajstić information content (AvgIpc) is 3.01. The predicted molar refractivity (Wildman–Crippen MR) is 116 cm³/mol. The number of fused-ring (bicyclic) bond motifs is 2. The fourth-order valence-corrected chi connectivity index (χ4v) is 3.91. The van der Waals surface area contributed by atoms with Crippen LogP contribution in [0.15, 0.2) is 56.1 Å². The van der Waals surface area contributed by atoms with Crippen molar-refractivity contribution in [1.82, 2.24) is 10.3 Å². The van der Waals surface area contributed by atoms with Gasteiger partial charge in [0, 0.05) is 33.0 Å². The maximum Gasteiger partial charge on any atom is 0.573 e. The number of hydrogen-bond acceptors (Lipinski definition) is 4. The van der Waals surface area contributed by atoms with Gasteiger partial charge in [-0.3, -0.25) is 4.79 Å². The Morgan fingerprint density at radius 2 is 1.97 bits per heavy atom. The van der Waals surface area contributed by atoms with Gasteiger partial charge in [-0.1, -0.05) is 15.9 Å². The third-order valence-electron chi connectivity index (χ3n) is 4.92. The predicted octanol–water partition coefficient (Wildman–Crippen LogP) is 5.22. The molecule has 0 fully saturated rings. The van der Waals surface area contributed by atoms with Crippen LogP contribution in [-0.4, -0.2) is 23.8 Å². The van der Waals surface area contributed by atoms with E-state index in [2.05, 4.69) is 31.0 Å². The molecule has 32 heavy (non-hydrogen) atoms. The molecule has 2 heterocycles. The number of aromatic nitrogens is 1. The van der Waals surface area contributed by atoms with Crippen LogP contribution in [0.5, 0.6) is 5.75 Å². The Bertz CT molecular complexity index is 1390. The van der Waals surface area contributed by atoms with Gasteiger partial charge in [0.25, 0.3) is 5.91 Å². The molecule has 0 saturated heterocycles. The third kappa shape index (κ3) is 4.64. The fraction of sp³-hybridized carbons (Fsp3) is 0.182. The van der Waals surface area contributed by atoms with Crippen LogP contribution in [0.2, 0.25) is 0 Å². The number of aromatic amines is 1. The minimum absolute atomic E-state index is 0.132. The largest absolute Gasteiger partial charge is 0.573 e. The first-order valence-corrected chi connectivity index (χ1v) is 10.3. The zero-order valence-corrected chi connectivity index (χ0v) is 18.2. The number of amides is 1. The number of rotatable bonds is 5. The topological polar surface area (TPSA) is 84.3 Å². The number of carbonyl (C=O) groups excluding carboxylic acids is 1. The molecule has 0 atom stereocenters. The summed E-state index contributed by atoms with van der Waals surface area (Å²) in [7, 11) is 0. The van der Waals surface area contributed by atoms with Crippen LogP contribution in [-0.2, 0) is 6.42 Å². The second kappa shape index (κ2) is 8.34. The number of aryl methyl sites for hydroxylation is 1. The zero-order valence-electron chi connectivity index (χ0n) is 16.6. The number of ether oxygens (including phenoxy) is 1. The Morgan fingerprint density at radius 1 is 1.19 bits per heavy atom. The van der Waals surface area contributed by atoms with E-state index in [1.807, 2.05) is 0 Å². The van der Waals surface area contributed by atoms with E-state index in [1.54, 1.807) is 25.1 Å². The van der Waals surface area contributed by atoms with Gasteiger partial charge < -0.3 is 19.5 Å². The molecular weight excluding hydrogens is 493 g/mol. The molecule has 0 aliphatic heterocycles. The van der Waals surface area contributed by atoms with E-state index in [0.717, 1.165) is 15.7 Å². The maximum atomic E-state index is 12.5. The van der Waals surface area contributed by atoms with Crippen molar-refractivity contribution < 1.29 is 27.1 Å². The van der Waals surface area contributed by atoms with Gasteiger partial charge in [0.2, 0.25) is 0 Å². The molecule has 0 radical (unpaired) electrons. The van der Waals surface area contributed by atoms with Gasteiger partial charge >= 0.3 is 12.0 Å². The normalized spacial score (nSPS) is 11.8. The van der Waals surface area contributed by atoms with Crippen molar-refractivity contribution >= 4 is 43.7 Å². The lowest BCUT2D eigenvalue weighted by molar-refractivity contribution is -0.274. The Labute approximate surface area is 187 Å². The third-order valence-corrected chi connectivity index (χ3v) is 5.42. The lowest BCUT2D eigenvalue weighted by Gasteiger charge is -2.09. The summed E-state index contributed by atoms with van der Waals surface area (Å²) < 4.78 is 47.6. The van der Waals surface area contributed by atoms with Crippen molar-refractivity contribution in [2.45, 2.75) is 19.7 Å². The van der Waals surface area contributed by atoms with Gasteiger partial charge in [-0.25, -0.2) is 4.79 Å². The average molecular weight is 509 g/mol. The molecule has 4 rings (SSSR count). The molecule has 0 saturated carbocycles. The number of alkyl halides is 3. The van der Waals surface area contributed by atoms with E-state index in [4.69, 9.17) is 4.42 Å². The highest BCUT2D eigenvalue weighted by Gasteiger charge is 2.31. The highest BCUT2D eigenvalue weighted by molar-refractivity contribution is 9.10. The lowest BCUT2D eigenvalue weighted by Crippen LogP contribution is -2.30. The Balaban J connectivity index is 1.52. The van der Waals surface area contributed by atoms with Gasteiger partial charge in [0.15, 0.2) is 0 Å². The Morgan fingerprint density at radius 3 is 2.72 bits per heavy atom. The summed E-state index contributed by atoms with van der Waals surface area (Å²) in [6.45, 7) is 1.95. The summed E-state index contributed by atoms with van der Waals surface area (Å²) >= 11 is 3.33. The van der Waals surface area contributed by atoms with E-state index >= 15 is 0 Å². The van der Waals surface area contributed by atoms with Crippen molar-refractivity contribution in [3.8, 4) is 5.75 Å². The molecule has 0 bridgehead atoms. The molecular formula is C22H16BrF3N2O4. The molecule has 10 heteroatoms. The van der Waals surface area contributed by atoms with E-state index in [0.29, 0.717) is 28.3 Å². The SMILES string of the molecule is Cc1[nH]c2ccc(OC(F)(F)F)cc2c1CCNC(=O)c1cc2cc(Br)ccc2oc1=O. The molecule has 2 aromatic carbocycles. The summed E-state index contributed by atoms with van der Waals surface area (Å²) in [5.41, 5.74) is 1.62. The van der Waals surface area contributed by atoms with Crippen molar-refractivity contribution in [2.24, 2.45) is 0 Å². The van der Waals surface area contributed by atoms with Gasteiger partial charge in [0.05, 0.1) is 0 Å². The Kier molecular flexibility index (Phi) is 5.72. The smallest absolute Gasteiger partial charge is 0.422 e. The minimum Gasteiger partial charge on any atom is -0.422 e. The van der Waals surface area contributed by atoms with Crippen molar-refractivity contribution in [1.29, 1.82) is 0 Å². The van der Waals surface area contributed by atoms with E-state index < -0.39 is 17.9 Å². The molecule has 2 aromatic heterocycles. The van der Waals surface area contributed by atoms with Crippen LogP contribution >= 0.6 is 15.9 Å². The van der Waals surface area contributed by atoms with Gasteiger partial charge in [-0.2, -0.15) is 0 Å². The molecule has 4 aromatic rings. The number of nitrogens with one attached hydrogen (secondary N) is 2. The van der Waals surface area contributed by atoms with Crippen LogP contribution < -0.4 is 15.7 Å². The second-order valence-electron chi connectivity index (χ2n) is 7.12. The Hall–Kier alpha value is -3.27. The summed E-state index contributed by atoms with van der Waals surface area (Å²) in [6, 6.07) is 10.6. The maximum absolute atomic E-state index is 12.5. The molecule has 0 spiro atoms. The number of hydrogen-bond donors (Lipinski definition) is 2. The highest BCUT2D eigenvalue weighted by Crippen LogP contribution is 2.30. The number of halogens is 4. The van der Waals surface area contributed by atoms with Crippen molar-refractivity contribution in [2.75, 3.05) is 6.54 Å². The summed E-state index contributed by atoms with van der Waals surface area (Å²) in [4.78, 5) is 27.8. The zero-order chi connectivity index (χ0) is 23.0. The molecule has 0 aliphatic carbocycles. The van der Waals surface area contributed by atoms with Crippen LogP contribution in [0, 0.1) is 6.92 Å². The summed E-state index contributed by atoms with van der Waals surface area (Å²) in [5, 5.41) is 3.82. The second-order valence-corrected chi connectivity index (χ2v) is 8.04. The van der Waals surface area contributed by atoms with Crippen molar-refractivity contribution in [3.63, 3.8) is 0 Å². The van der Waals surface area contributed by atoms with Gasteiger partial charge in [0.1, 0.15) is 16.9 Å². The molecule has 166 valence electrons. The molecule has 6 nitrogen and oxygen atoms in total. The molecule has 1 amide bonds.